The molecule has 0 atom stereocenters. The number of nitrogens with one attached hydrogen (secondary N) is 1. The molecule has 0 fully saturated rings. The Kier molecular flexibility index (Phi) is 5.53. The number of aromatic nitrogens is 1. The fraction of sp³-hybridized carbons (Fsp3) is 0.211. The summed E-state index contributed by atoms with van der Waals surface area (Å²) in [7, 11) is 0. The van der Waals surface area contributed by atoms with Crippen LogP contribution in [0, 0.1) is 18.6 Å². The van der Waals surface area contributed by atoms with E-state index < -0.39 is 17.6 Å². The minimum absolute atomic E-state index is 0.0258. The summed E-state index contributed by atoms with van der Waals surface area (Å²) in [6.07, 6.45) is -0.134. The second kappa shape index (κ2) is 7.68. The van der Waals surface area contributed by atoms with Crippen LogP contribution in [0.3, 0.4) is 0 Å². The van der Waals surface area contributed by atoms with E-state index in [1.54, 1.807) is 38.1 Å². The number of ether oxygens (including phenoxy) is 1. The molecule has 26 heavy (non-hydrogen) atoms. The third kappa shape index (κ3) is 3.57. The number of benzene rings is 2. The molecular weight excluding hydrogens is 380 g/mol. The number of carbonyl (C=O) groups is 1. The van der Waals surface area contributed by atoms with Crippen LogP contribution < -0.4 is 0 Å². The average Bonchev–Trinajstić information content (AvgIpc) is 2.91. The molecule has 1 N–H and O–H groups in total. The first-order valence-corrected chi connectivity index (χ1v) is 9.19. The molecular formula is C19H16ClF2NO2S. The van der Waals surface area contributed by atoms with Gasteiger partial charge in [-0.3, -0.25) is 4.79 Å². The minimum atomic E-state index is -0.532. The Labute approximate surface area is 158 Å². The van der Waals surface area contributed by atoms with Gasteiger partial charge in [0.25, 0.3) is 0 Å². The number of fused-ring (bicyclic) bond motifs is 1. The van der Waals surface area contributed by atoms with Gasteiger partial charge in [-0.2, -0.15) is 0 Å². The molecule has 1 aromatic heterocycles. The lowest BCUT2D eigenvalue weighted by Crippen LogP contribution is -2.09. The normalized spacial score (nSPS) is 11.1. The molecule has 136 valence electrons. The van der Waals surface area contributed by atoms with E-state index in [0.717, 1.165) is 0 Å². The number of hydrogen-bond acceptors (Lipinski definition) is 3. The van der Waals surface area contributed by atoms with Gasteiger partial charge < -0.3 is 9.72 Å². The highest BCUT2D eigenvalue weighted by Gasteiger charge is 2.18. The van der Waals surface area contributed by atoms with Gasteiger partial charge in [0.2, 0.25) is 0 Å². The molecule has 0 spiro atoms. The maximum Gasteiger partial charge on any atom is 0.310 e. The van der Waals surface area contributed by atoms with Crippen molar-refractivity contribution in [3.8, 4) is 0 Å². The van der Waals surface area contributed by atoms with E-state index in [2.05, 4.69) is 4.98 Å². The third-order valence-electron chi connectivity index (χ3n) is 3.89. The quantitative estimate of drug-likeness (QED) is 0.566. The Balaban J connectivity index is 1.97. The SMILES string of the molecule is CCOC(=O)Cc1cccc(Sc2c(C)[nH]c3c(F)c(Cl)ccc23)c1F. The van der Waals surface area contributed by atoms with Crippen molar-refractivity contribution in [1.82, 2.24) is 4.98 Å². The molecule has 0 aliphatic heterocycles. The lowest BCUT2D eigenvalue weighted by Gasteiger charge is -2.08. The number of hydrogen-bond donors (Lipinski definition) is 1. The Morgan fingerprint density at radius 2 is 2.00 bits per heavy atom. The van der Waals surface area contributed by atoms with E-state index in [1.807, 2.05) is 0 Å². The zero-order chi connectivity index (χ0) is 18.8. The lowest BCUT2D eigenvalue weighted by molar-refractivity contribution is -0.142. The van der Waals surface area contributed by atoms with Crippen LogP contribution in [-0.4, -0.2) is 17.6 Å². The summed E-state index contributed by atoms with van der Waals surface area (Å²) >= 11 is 7.00. The molecule has 3 nitrogen and oxygen atoms in total. The molecule has 0 aliphatic rings. The standard InChI is InChI=1S/C19H16ClF2NO2S/c1-3-25-15(24)9-11-5-4-6-14(16(11)21)26-19-10(2)23-18-12(19)7-8-13(20)17(18)22/h4-8,23H,3,9H2,1-2H3. The van der Waals surface area contributed by atoms with Crippen LogP contribution >= 0.6 is 23.4 Å². The fourth-order valence-corrected chi connectivity index (χ4v) is 3.92. The number of aromatic amines is 1. The molecule has 0 saturated heterocycles. The van der Waals surface area contributed by atoms with E-state index in [1.165, 1.54) is 17.8 Å². The zero-order valence-electron chi connectivity index (χ0n) is 14.2. The van der Waals surface area contributed by atoms with Crippen LogP contribution in [0.25, 0.3) is 10.9 Å². The topological polar surface area (TPSA) is 42.1 Å². The highest BCUT2D eigenvalue weighted by atomic mass is 35.5. The summed E-state index contributed by atoms with van der Waals surface area (Å²) < 4.78 is 33.9. The van der Waals surface area contributed by atoms with Gasteiger partial charge in [0.05, 0.1) is 23.6 Å². The molecule has 3 aromatic rings. The number of halogens is 3. The smallest absolute Gasteiger partial charge is 0.310 e. The molecule has 7 heteroatoms. The Morgan fingerprint density at radius 3 is 2.73 bits per heavy atom. The van der Waals surface area contributed by atoms with Gasteiger partial charge in [0.15, 0.2) is 5.82 Å². The van der Waals surface area contributed by atoms with Crippen molar-refractivity contribution in [2.24, 2.45) is 0 Å². The van der Waals surface area contributed by atoms with E-state index >= 15 is 0 Å². The number of aryl methyl sites for hydroxylation is 1. The summed E-state index contributed by atoms with van der Waals surface area (Å²) in [5.74, 6) is -1.49. The van der Waals surface area contributed by atoms with Crippen molar-refractivity contribution >= 4 is 40.2 Å². The van der Waals surface area contributed by atoms with Crippen molar-refractivity contribution in [3.63, 3.8) is 0 Å². The Hall–Kier alpha value is -2.05. The summed E-state index contributed by atoms with van der Waals surface area (Å²) in [4.78, 5) is 15.7. The van der Waals surface area contributed by atoms with E-state index in [4.69, 9.17) is 16.3 Å². The van der Waals surface area contributed by atoms with Crippen molar-refractivity contribution in [2.75, 3.05) is 6.61 Å². The average molecular weight is 396 g/mol. The zero-order valence-corrected chi connectivity index (χ0v) is 15.7. The van der Waals surface area contributed by atoms with Gasteiger partial charge in [-0.25, -0.2) is 8.78 Å². The van der Waals surface area contributed by atoms with E-state index in [-0.39, 0.29) is 23.6 Å². The van der Waals surface area contributed by atoms with Gasteiger partial charge in [0.1, 0.15) is 5.82 Å². The fourth-order valence-electron chi connectivity index (χ4n) is 2.69. The lowest BCUT2D eigenvalue weighted by atomic mass is 10.1. The summed E-state index contributed by atoms with van der Waals surface area (Å²) in [6.45, 7) is 3.74. The first-order chi connectivity index (χ1) is 12.4. The molecule has 3 rings (SSSR count). The molecule has 1 heterocycles. The monoisotopic (exact) mass is 395 g/mol. The first-order valence-electron chi connectivity index (χ1n) is 7.99. The number of H-pyrrole nitrogens is 1. The summed E-state index contributed by atoms with van der Waals surface area (Å²) in [5.41, 5.74) is 1.27. The number of esters is 1. The highest BCUT2D eigenvalue weighted by molar-refractivity contribution is 7.99. The molecule has 0 bridgehead atoms. The van der Waals surface area contributed by atoms with Crippen molar-refractivity contribution in [3.05, 3.63) is 58.2 Å². The Bertz CT molecular complexity index is 987. The van der Waals surface area contributed by atoms with Crippen LogP contribution in [0.4, 0.5) is 8.78 Å². The molecule has 0 saturated carbocycles. The van der Waals surface area contributed by atoms with E-state index in [9.17, 15) is 13.6 Å². The maximum atomic E-state index is 14.8. The van der Waals surface area contributed by atoms with Crippen molar-refractivity contribution < 1.29 is 18.3 Å². The minimum Gasteiger partial charge on any atom is -0.466 e. The molecule has 0 aliphatic carbocycles. The van der Waals surface area contributed by atoms with Crippen molar-refractivity contribution in [1.29, 1.82) is 0 Å². The number of carbonyl (C=O) groups excluding carboxylic acids is 1. The van der Waals surface area contributed by atoms with Crippen LogP contribution in [0.15, 0.2) is 40.1 Å². The third-order valence-corrected chi connectivity index (χ3v) is 5.45. The van der Waals surface area contributed by atoms with Gasteiger partial charge in [-0.15, -0.1) is 0 Å². The largest absolute Gasteiger partial charge is 0.466 e. The van der Waals surface area contributed by atoms with Crippen LogP contribution in [-0.2, 0) is 16.0 Å². The van der Waals surface area contributed by atoms with Crippen LogP contribution in [0.1, 0.15) is 18.2 Å². The predicted octanol–water partition coefficient (Wildman–Crippen LogP) is 5.66. The first kappa shape index (κ1) is 18.7. The van der Waals surface area contributed by atoms with Gasteiger partial charge in [-0.05, 0) is 32.0 Å². The van der Waals surface area contributed by atoms with Gasteiger partial charge in [0, 0.05) is 26.4 Å². The predicted molar refractivity (Wildman–Crippen MR) is 98.9 cm³/mol. The number of rotatable bonds is 5. The molecule has 0 unspecified atom stereocenters. The molecule has 0 radical (unpaired) electrons. The van der Waals surface area contributed by atoms with Crippen LogP contribution in [0.2, 0.25) is 5.02 Å². The van der Waals surface area contributed by atoms with E-state index in [0.29, 0.717) is 26.4 Å². The molecule has 0 amide bonds. The summed E-state index contributed by atoms with van der Waals surface area (Å²) in [5, 5.41) is 0.655. The Morgan fingerprint density at radius 1 is 1.23 bits per heavy atom. The van der Waals surface area contributed by atoms with Gasteiger partial charge >= 0.3 is 5.97 Å². The van der Waals surface area contributed by atoms with Crippen LogP contribution in [0.5, 0.6) is 0 Å². The highest BCUT2D eigenvalue weighted by Crippen LogP contribution is 2.39. The molecule has 2 aromatic carbocycles. The maximum absolute atomic E-state index is 14.8. The van der Waals surface area contributed by atoms with Crippen molar-refractivity contribution in [2.45, 2.75) is 30.1 Å². The second-order valence-electron chi connectivity index (χ2n) is 5.68. The summed E-state index contributed by atoms with van der Waals surface area (Å²) in [6, 6.07) is 8.04. The van der Waals surface area contributed by atoms with Gasteiger partial charge in [-0.1, -0.05) is 35.5 Å². The second-order valence-corrected chi connectivity index (χ2v) is 7.14.